The molecule has 0 unspecified atom stereocenters. The number of carbonyl (C=O) groups is 3. The molecule has 0 aromatic rings. The molecule has 2 aliphatic heterocycles. The van der Waals surface area contributed by atoms with E-state index in [9.17, 15) is 50.3 Å². The van der Waals surface area contributed by atoms with Gasteiger partial charge in [0.15, 0.2) is 12.6 Å². The van der Waals surface area contributed by atoms with Crippen molar-refractivity contribution >= 4 is 41.4 Å². The summed E-state index contributed by atoms with van der Waals surface area (Å²) in [4.78, 5) is 39.6. The minimum Gasteiger partial charge on any atom is -0.787 e. The van der Waals surface area contributed by atoms with Gasteiger partial charge in [-0.15, -0.1) is 0 Å². The van der Waals surface area contributed by atoms with Crippen molar-refractivity contribution in [1.82, 2.24) is 31.0 Å². The predicted octanol–water partition coefficient (Wildman–Crippen LogP) is -5.21. The molecule has 2 aliphatic rings. The number of carboxylic acids is 2. The van der Waals surface area contributed by atoms with Crippen LogP contribution in [-0.2, 0) is 42.8 Å². The van der Waals surface area contributed by atoms with Crippen molar-refractivity contribution in [1.29, 1.82) is 0 Å². The van der Waals surface area contributed by atoms with Crippen molar-refractivity contribution in [3.05, 3.63) is 10.4 Å². The van der Waals surface area contributed by atoms with Crippen LogP contribution in [0, 0.1) is 10.4 Å². The Morgan fingerprint density at radius 2 is 1.21 bits per heavy atom. The lowest BCUT2D eigenvalue weighted by Gasteiger charge is -2.44. The number of methoxy groups -OCH3 is 1. The lowest BCUT2D eigenvalue weighted by atomic mass is 9.98. The summed E-state index contributed by atoms with van der Waals surface area (Å²) in [7, 11) is 1.37. The van der Waals surface area contributed by atoms with Crippen LogP contribution >= 0.6 is 23.5 Å². The van der Waals surface area contributed by atoms with Crippen LogP contribution in [0.25, 0.3) is 0 Å². The fraction of sp³-hybridized carbons (Fsp3) is 0.914. The Labute approximate surface area is 369 Å². The highest BCUT2D eigenvalue weighted by Crippen LogP contribution is 2.28. The van der Waals surface area contributed by atoms with Crippen LogP contribution in [0.1, 0.15) is 12.8 Å². The van der Waals surface area contributed by atoms with Crippen molar-refractivity contribution in [2.24, 2.45) is 5.73 Å². The molecule has 27 heteroatoms. The van der Waals surface area contributed by atoms with Crippen LogP contribution < -0.4 is 22.0 Å². The van der Waals surface area contributed by atoms with Gasteiger partial charge in [0.2, 0.25) is 5.91 Å². The number of thioether (sulfide) groups is 2. The third-order valence-corrected chi connectivity index (χ3v) is 11.7. The maximum Gasteiger partial charge on any atom is 0.317 e. The van der Waals surface area contributed by atoms with E-state index >= 15 is 0 Å². The highest BCUT2D eigenvalue weighted by atomic mass is 32.2. The van der Waals surface area contributed by atoms with Gasteiger partial charge >= 0.3 is 11.9 Å². The summed E-state index contributed by atoms with van der Waals surface area (Å²) in [5.41, 5.74) is 8.91. The minimum absolute atomic E-state index is 0.0188. The highest BCUT2D eigenvalue weighted by molar-refractivity contribution is 7.99. The van der Waals surface area contributed by atoms with Gasteiger partial charge in [0, 0.05) is 84.4 Å². The first kappa shape index (κ1) is 56.5. The number of hydrogen-bond acceptors (Lipinski definition) is 24. The van der Waals surface area contributed by atoms with Gasteiger partial charge in [-0.1, -0.05) is 0 Å². The summed E-state index contributed by atoms with van der Waals surface area (Å²) >= 11 is 3.16. The summed E-state index contributed by atoms with van der Waals surface area (Å²) in [5, 5.41) is 95.8. The second kappa shape index (κ2) is 32.9. The molecule has 0 radical (unpaired) electrons. The van der Waals surface area contributed by atoms with E-state index in [1.54, 1.807) is 27.6 Å². The van der Waals surface area contributed by atoms with E-state index in [4.69, 9.17) is 44.4 Å². The van der Waals surface area contributed by atoms with E-state index in [0.29, 0.717) is 30.9 Å². The Kier molecular flexibility index (Phi) is 30.0. The van der Waals surface area contributed by atoms with Crippen LogP contribution in [0.5, 0.6) is 0 Å². The quantitative estimate of drug-likeness (QED) is 0.0159. The monoisotopic (exact) mass is 937 g/mol. The van der Waals surface area contributed by atoms with E-state index < -0.39 is 93.0 Å². The normalized spacial score (nSPS) is 26.7. The third-order valence-electron chi connectivity index (χ3n) is 9.57. The number of rotatable bonds is 36. The second-order valence-corrected chi connectivity index (χ2v) is 16.8. The van der Waals surface area contributed by atoms with Gasteiger partial charge in [-0.05, 0) is 24.3 Å². The molecular formula is C35H67N7O18S2-2. The summed E-state index contributed by atoms with van der Waals surface area (Å²) in [5.74, 6) is -0.108. The molecular weight excluding hydrogens is 871 g/mol. The molecule has 0 bridgehead atoms. The summed E-state index contributed by atoms with van der Waals surface area (Å²) in [6, 6.07) is 0. The Bertz CT molecular complexity index is 1210. The summed E-state index contributed by atoms with van der Waals surface area (Å²) in [6.45, 7) is -0.721. The molecule has 2 fully saturated rings. The van der Waals surface area contributed by atoms with Gasteiger partial charge in [-0.25, -0.2) is 0 Å². The van der Waals surface area contributed by atoms with Gasteiger partial charge in [-0.3, -0.25) is 29.1 Å². The maximum absolute atomic E-state index is 12.8. The number of ether oxygens (including phenoxy) is 6. The van der Waals surface area contributed by atoms with Crippen LogP contribution in [0.3, 0.4) is 0 Å². The Morgan fingerprint density at radius 1 is 0.694 bits per heavy atom. The molecule has 0 aliphatic carbocycles. The molecule has 0 aromatic carbocycles. The van der Waals surface area contributed by atoms with Crippen LogP contribution in [-0.4, -0.2) is 258 Å². The van der Waals surface area contributed by atoms with E-state index in [1.807, 2.05) is 0 Å². The van der Waals surface area contributed by atoms with Crippen molar-refractivity contribution in [2.45, 2.75) is 74.3 Å². The molecule has 364 valence electrons. The SMILES string of the molecule is CO[C@H]1O[C@H](CO[C@H]2O[C@H](CO)[C@@H](O)[C@H](O)[C@H]2OCCCSCCNC(=O)CN(CCN(CN[O-])CN[O-])CCN(CC(=O)O)CC(=O)O)[C@@H](O)[C@H](O)[C@H]1OCCCSCCN. The number of nitrogens with zero attached hydrogens (tertiary/aromatic N) is 3. The lowest BCUT2D eigenvalue weighted by Crippen LogP contribution is -2.62. The molecule has 1 amide bonds. The fourth-order valence-electron chi connectivity index (χ4n) is 6.37. The number of hydrogen-bond donors (Lipinski definition) is 11. The second-order valence-electron chi connectivity index (χ2n) is 14.3. The Morgan fingerprint density at radius 3 is 1.74 bits per heavy atom. The zero-order valence-corrected chi connectivity index (χ0v) is 36.6. The topological polar surface area (TPSA) is 366 Å². The number of amides is 1. The molecule has 25 nitrogen and oxygen atoms in total. The number of aliphatic hydroxyl groups is 5. The number of aliphatic hydroxyl groups excluding tert-OH is 5. The number of nitrogens with two attached hydrogens (primary N) is 1. The van der Waals surface area contributed by atoms with Crippen LogP contribution in [0.2, 0.25) is 0 Å². The van der Waals surface area contributed by atoms with E-state index in [-0.39, 0.29) is 78.3 Å². The largest absolute Gasteiger partial charge is 0.787 e. The average Bonchev–Trinajstić information content (AvgIpc) is 3.23. The van der Waals surface area contributed by atoms with Gasteiger partial charge < -0.3 is 96.6 Å². The molecule has 10 atom stereocenters. The van der Waals surface area contributed by atoms with E-state index in [1.165, 1.54) is 28.7 Å². The first-order chi connectivity index (χ1) is 29.8. The standard InChI is InChI=1S/C35H67N7O18S2/c1-55-34-32(56-10-2-12-61-14-4-36)31(52)29(50)24(60-34)20-58-35-33(30(51)28(49)23(19-43)59-35)57-11-3-13-62-15-5-37-25(44)16-40(7-9-42(21-38-53)22-39-54)6-8-41(17-26(45)46)18-27(47)48/h23-24,28-35,38-39,43,49-52H,2-22,36H2,1H3,(H,37,44)(H,45,46)(H,47,48)/q-2/t23-,24-,28-,29-,30+,31+,32-,33-,34+,35+/m1/s1. The molecule has 2 saturated heterocycles. The molecule has 0 aromatic heterocycles. The zero-order valence-electron chi connectivity index (χ0n) is 35.0. The van der Waals surface area contributed by atoms with Crippen molar-refractivity contribution in [3.63, 3.8) is 0 Å². The fourth-order valence-corrected chi connectivity index (χ4v) is 7.83. The Hall–Kier alpha value is -1.65. The molecule has 0 spiro atoms. The number of aliphatic carboxylic acids is 2. The third kappa shape index (κ3) is 21.6. The van der Waals surface area contributed by atoms with Crippen molar-refractivity contribution < 1.29 is 78.6 Å². The number of nitrogens with one attached hydrogen (secondary N) is 3. The van der Waals surface area contributed by atoms with Crippen molar-refractivity contribution in [3.8, 4) is 0 Å². The average molecular weight is 938 g/mol. The number of carboxylic acid groups (broad SMARTS) is 2. The summed E-state index contributed by atoms with van der Waals surface area (Å²) < 4.78 is 34.5. The highest BCUT2D eigenvalue weighted by Gasteiger charge is 2.49. The zero-order chi connectivity index (χ0) is 45.9. The van der Waals surface area contributed by atoms with E-state index in [0.717, 1.165) is 11.5 Å². The molecule has 12 N–H and O–H groups in total. The van der Waals surface area contributed by atoms with Gasteiger partial charge in [0.05, 0.1) is 32.8 Å². The smallest absolute Gasteiger partial charge is 0.317 e. The van der Waals surface area contributed by atoms with Gasteiger partial charge in [-0.2, -0.15) is 23.5 Å². The lowest BCUT2D eigenvalue weighted by molar-refractivity contribution is -0.335. The number of hydroxylamine groups is 2. The molecule has 2 heterocycles. The molecule has 2 rings (SSSR count). The minimum atomic E-state index is -1.52. The molecule has 62 heavy (non-hydrogen) atoms. The molecule has 0 saturated carbocycles. The number of carbonyl (C=O) groups excluding carboxylic acids is 1. The van der Waals surface area contributed by atoms with Crippen molar-refractivity contribution in [2.75, 3.05) is 129 Å². The van der Waals surface area contributed by atoms with Crippen LogP contribution in [0.15, 0.2) is 0 Å². The Balaban J connectivity index is 1.85. The first-order valence-corrected chi connectivity index (χ1v) is 22.5. The van der Waals surface area contributed by atoms with Gasteiger partial charge in [0.25, 0.3) is 0 Å². The predicted molar refractivity (Wildman–Crippen MR) is 224 cm³/mol. The van der Waals surface area contributed by atoms with Gasteiger partial charge in [0.1, 0.15) is 48.8 Å². The maximum atomic E-state index is 12.8. The van der Waals surface area contributed by atoms with Crippen LogP contribution in [0.4, 0.5) is 0 Å². The first-order valence-electron chi connectivity index (χ1n) is 20.2. The van der Waals surface area contributed by atoms with E-state index in [2.05, 4.69) is 5.32 Å². The summed E-state index contributed by atoms with van der Waals surface area (Å²) in [6.07, 6.45) is -11.6.